The van der Waals surface area contributed by atoms with Crippen molar-refractivity contribution in [3.8, 4) is 0 Å². The van der Waals surface area contributed by atoms with Crippen LogP contribution in [0.5, 0.6) is 0 Å². The highest BCUT2D eigenvalue weighted by Crippen LogP contribution is 2.14. The van der Waals surface area contributed by atoms with Crippen molar-refractivity contribution < 1.29 is 9.59 Å². The molecule has 2 amide bonds. The van der Waals surface area contributed by atoms with Gasteiger partial charge in [0.1, 0.15) is 0 Å². The van der Waals surface area contributed by atoms with Gasteiger partial charge in [-0.2, -0.15) is 0 Å². The summed E-state index contributed by atoms with van der Waals surface area (Å²) in [4.78, 5) is 31.0. The van der Waals surface area contributed by atoms with Crippen molar-refractivity contribution in [2.24, 2.45) is 0 Å². The Kier molecular flexibility index (Phi) is 6.17. The third-order valence-corrected chi connectivity index (χ3v) is 4.50. The van der Waals surface area contributed by atoms with Crippen molar-refractivity contribution in [3.05, 3.63) is 101 Å². The number of benzene rings is 2. The normalized spacial score (nSPS) is 11.5. The van der Waals surface area contributed by atoms with Gasteiger partial charge in [-0.1, -0.05) is 60.7 Å². The Morgan fingerprint density at radius 3 is 2.25 bits per heavy atom. The van der Waals surface area contributed by atoms with Crippen LogP contribution < -0.4 is 5.32 Å². The van der Waals surface area contributed by atoms with Crippen molar-refractivity contribution in [2.45, 2.75) is 19.5 Å². The molecule has 0 saturated carbocycles. The van der Waals surface area contributed by atoms with E-state index in [1.165, 1.54) is 12.4 Å². The number of hydrogen-bond acceptors (Lipinski definition) is 3. The summed E-state index contributed by atoms with van der Waals surface area (Å²) in [7, 11) is 1.74. The number of hydrogen-bond donors (Lipinski definition) is 1. The molecule has 142 valence electrons. The molecule has 1 aromatic heterocycles. The van der Waals surface area contributed by atoms with Crippen molar-refractivity contribution in [3.63, 3.8) is 0 Å². The maximum absolute atomic E-state index is 12.7. The fraction of sp³-hybridized carbons (Fsp3) is 0.174. The second kappa shape index (κ2) is 8.95. The first-order valence-electron chi connectivity index (χ1n) is 9.15. The zero-order chi connectivity index (χ0) is 19.9. The molecule has 0 spiro atoms. The lowest BCUT2D eigenvalue weighted by atomic mass is 10.1. The quantitative estimate of drug-likeness (QED) is 0.714. The summed E-state index contributed by atoms with van der Waals surface area (Å²) in [6.07, 6.45) is 2.96. The van der Waals surface area contributed by atoms with E-state index in [1.807, 2.05) is 67.6 Å². The molecule has 0 radical (unpaired) electrons. The predicted molar refractivity (Wildman–Crippen MR) is 109 cm³/mol. The van der Waals surface area contributed by atoms with E-state index in [0.29, 0.717) is 17.7 Å². The average molecular weight is 373 g/mol. The standard InChI is InChI=1S/C23H23N3O2/c1-17(19-11-7-4-8-12-19)25-22(27)20-13-21(15-24-14-20)23(28)26(2)16-18-9-5-3-6-10-18/h3-15,17H,16H2,1-2H3,(H,25,27). The molecule has 5 heteroatoms. The summed E-state index contributed by atoms with van der Waals surface area (Å²) >= 11 is 0. The number of nitrogens with one attached hydrogen (secondary N) is 1. The molecular formula is C23H23N3O2. The Hall–Kier alpha value is -3.47. The van der Waals surface area contributed by atoms with Crippen LogP contribution in [0.1, 0.15) is 44.8 Å². The van der Waals surface area contributed by atoms with Gasteiger partial charge in [-0.15, -0.1) is 0 Å². The molecule has 0 aliphatic carbocycles. The minimum atomic E-state index is -0.260. The summed E-state index contributed by atoms with van der Waals surface area (Å²) < 4.78 is 0. The molecule has 0 aliphatic rings. The highest BCUT2D eigenvalue weighted by Gasteiger charge is 2.16. The highest BCUT2D eigenvalue weighted by atomic mass is 16.2. The van der Waals surface area contributed by atoms with E-state index in [0.717, 1.165) is 11.1 Å². The second-order valence-electron chi connectivity index (χ2n) is 6.71. The Morgan fingerprint density at radius 1 is 0.964 bits per heavy atom. The largest absolute Gasteiger partial charge is 0.345 e. The van der Waals surface area contributed by atoms with Crippen LogP contribution in [0.15, 0.2) is 79.1 Å². The first-order valence-corrected chi connectivity index (χ1v) is 9.15. The monoisotopic (exact) mass is 373 g/mol. The third-order valence-electron chi connectivity index (χ3n) is 4.50. The van der Waals surface area contributed by atoms with Crippen LogP contribution >= 0.6 is 0 Å². The van der Waals surface area contributed by atoms with Gasteiger partial charge in [0.05, 0.1) is 17.2 Å². The maximum Gasteiger partial charge on any atom is 0.255 e. The van der Waals surface area contributed by atoms with Gasteiger partial charge >= 0.3 is 0 Å². The molecule has 0 bridgehead atoms. The summed E-state index contributed by atoms with van der Waals surface area (Å²) in [6.45, 7) is 2.41. The van der Waals surface area contributed by atoms with Crippen molar-refractivity contribution >= 4 is 11.8 Å². The molecular weight excluding hydrogens is 350 g/mol. The van der Waals surface area contributed by atoms with Crippen LogP contribution in [0.25, 0.3) is 0 Å². The van der Waals surface area contributed by atoms with Crippen LogP contribution in [0.2, 0.25) is 0 Å². The molecule has 3 rings (SSSR count). The molecule has 0 saturated heterocycles. The number of pyridine rings is 1. The lowest BCUT2D eigenvalue weighted by Gasteiger charge is -2.18. The Balaban J connectivity index is 1.69. The van der Waals surface area contributed by atoms with E-state index in [9.17, 15) is 9.59 Å². The summed E-state index contributed by atoms with van der Waals surface area (Å²) in [5, 5.41) is 2.94. The fourth-order valence-electron chi connectivity index (χ4n) is 2.94. The van der Waals surface area contributed by atoms with E-state index in [2.05, 4.69) is 10.3 Å². The Labute approximate surface area is 165 Å². The summed E-state index contributed by atoms with van der Waals surface area (Å²) in [5.74, 6) is -0.439. The van der Waals surface area contributed by atoms with Crippen LogP contribution in [0, 0.1) is 0 Å². The number of aromatic nitrogens is 1. The van der Waals surface area contributed by atoms with Crippen molar-refractivity contribution in [2.75, 3.05) is 7.05 Å². The van der Waals surface area contributed by atoms with Gasteiger partial charge < -0.3 is 10.2 Å². The molecule has 3 aromatic rings. The first kappa shape index (κ1) is 19.3. The molecule has 1 N–H and O–H groups in total. The molecule has 28 heavy (non-hydrogen) atoms. The molecule has 0 fully saturated rings. The van der Waals surface area contributed by atoms with E-state index < -0.39 is 0 Å². The Bertz CT molecular complexity index is 942. The SMILES string of the molecule is CC(NC(=O)c1cncc(C(=O)N(C)Cc2ccccc2)c1)c1ccccc1. The highest BCUT2D eigenvalue weighted by molar-refractivity contribution is 5.99. The lowest BCUT2D eigenvalue weighted by molar-refractivity contribution is 0.0784. The molecule has 0 aliphatic heterocycles. The number of carbonyl (C=O) groups is 2. The van der Waals surface area contributed by atoms with Crippen molar-refractivity contribution in [1.29, 1.82) is 0 Å². The molecule has 2 aromatic carbocycles. The fourth-order valence-corrected chi connectivity index (χ4v) is 2.94. The molecule has 1 heterocycles. The molecule has 5 nitrogen and oxygen atoms in total. The molecule has 1 unspecified atom stereocenters. The number of rotatable bonds is 6. The van der Waals surface area contributed by atoms with E-state index >= 15 is 0 Å². The number of nitrogens with zero attached hydrogens (tertiary/aromatic N) is 2. The van der Waals surface area contributed by atoms with Crippen LogP contribution in [-0.2, 0) is 6.54 Å². The predicted octanol–water partition coefficient (Wildman–Crippen LogP) is 3.84. The van der Waals surface area contributed by atoms with Gasteiger partial charge in [-0.3, -0.25) is 14.6 Å². The van der Waals surface area contributed by atoms with Crippen LogP contribution in [0.4, 0.5) is 0 Å². The third kappa shape index (κ3) is 4.82. The van der Waals surface area contributed by atoms with E-state index in [-0.39, 0.29) is 17.9 Å². The van der Waals surface area contributed by atoms with Gasteiger partial charge in [-0.05, 0) is 24.1 Å². The van der Waals surface area contributed by atoms with Crippen LogP contribution in [-0.4, -0.2) is 28.7 Å². The van der Waals surface area contributed by atoms with Gasteiger partial charge in [0.15, 0.2) is 0 Å². The van der Waals surface area contributed by atoms with Gasteiger partial charge in [0.25, 0.3) is 11.8 Å². The minimum absolute atomic E-state index is 0.145. The van der Waals surface area contributed by atoms with Crippen LogP contribution in [0.3, 0.4) is 0 Å². The minimum Gasteiger partial charge on any atom is -0.345 e. The van der Waals surface area contributed by atoms with Gasteiger partial charge in [-0.25, -0.2) is 0 Å². The second-order valence-corrected chi connectivity index (χ2v) is 6.71. The topological polar surface area (TPSA) is 62.3 Å². The number of amides is 2. The summed E-state index contributed by atoms with van der Waals surface area (Å²) in [6, 6.07) is 20.9. The van der Waals surface area contributed by atoms with Gasteiger partial charge in [0, 0.05) is 26.0 Å². The zero-order valence-corrected chi connectivity index (χ0v) is 16.0. The Morgan fingerprint density at radius 2 is 1.57 bits per heavy atom. The molecule has 1 atom stereocenters. The summed E-state index contributed by atoms with van der Waals surface area (Å²) in [5.41, 5.74) is 2.80. The average Bonchev–Trinajstić information content (AvgIpc) is 2.74. The lowest BCUT2D eigenvalue weighted by Crippen LogP contribution is -2.28. The van der Waals surface area contributed by atoms with Gasteiger partial charge in [0.2, 0.25) is 0 Å². The maximum atomic E-state index is 12.7. The van der Waals surface area contributed by atoms with Crippen molar-refractivity contribution in [1.82, 2.24) is 15.2 Å². The zero-order valence-electron chi connectivity index (χ0n) is 16.0. The smallest absolute Gasteiger partial charge is 0.255 e. The number of carbonyl (C=O) groups excluding carboxylic acids is 2. The first-order chi connectivity index (χ1) is 13.5. The van der Waals surface area contributed by atoms with E-state index in [4.69, 9.17) is 0 Å². The van der Waals surface area contributed by atoms with E-state index in [1.54, 1.807) is 18.0 Å².